The lowest BCUT2D eigenvalue weighted by Crippen LogP contribution is -2.38. The van der Waals surface area contributed by atoms with E-state index in [0.717, 1.165) is 9.13 Å². The standard InChI is InChI=1S/C22H22N8O4/c1-5-27-13-9-12-14(10-11(13)23-15-17(27)25-21(33)29(7-3)19(15)31)28(6-2)18-16(24-12)20(32)30(8-4)22(34)26-18/h9-10H,5-8H2,1-4H3. The van der Waals surface area contributed by atoms with Gasteiger partial charge in [-0.2, -0.15) is 9.97 Å². The summed E-state index contributed by atoms with van der Waals surface area (Å²) in [4.78, 5) is 68.0. The summed E-state index contributed by atoms with van der Waals surface area (Å²) >= 11 is 0. The van der Waals surface area contributed by atoms with Crippen molar-refractivity contribution in [3.63, 3.8) is 0 Å². The van der Waals surface area contributed by atoms with Gasteiger partial charge in [0.25, 0.3) is 11.1 Å². The molecule has 0 bridgehead atoms. The van der Waals surface area contributed by atoms with Gasteiger partial charge in [-0.25, -0.2) is 19.6 Å². The zero-order chi connectivity index (χ0) is 24.3. The molecule has 4 heterocycles. The lowest BCUT2D eigenvalue weighted by Gasteiger charge is -2.19. The minimum Gasteiger partial charge on any atom is -0.323 e. The quantitative estimate of drug-likeness (QED) is 0.352. The number of aromatic nitrogens is 8. The van der Waals surface area contributed by atoms with Crippen LogP contribution >= 0.6 is 0 Å². The molecule has 0 aliphatic carbocycles. The van der Waals surface area contributed by atoms with E-state index in [1.165, 1.54) is 0 Å². The Hall–Kier alpha value is -4.22. The Morgan fingerprint density at radius 2 is 0.912 bits per heavy atom. The van der Waals surface area contributed by atoms with Crippen molar-refractivity contribution in [1.29, 1.82) is 0 Å². The van der Waals surface area contributed by atoms with Gasteiger partial charge in [0.2, 0.25) is 0 Å². The van der Waals surface area contributed by atoms with Gasteiger partial charge in [0, 0.05) is 26.2 Å². The largest absolute Gasteiger partial charge is 0.352 e. The van der Waals surface area contributed by atoms with E-state index in [4.69, 9.17) is 0 Å². The highest BCUT2D eigenvalue weighted by atomic mass is 16.2. The Morgan fingerprint density at radius 1 is 0.559 bits per heavy atom. The topological polar surface area (TPSA) is 140 Å². The molecule has 12 heteroatoms. The van der Waals surface area contributed by atoms with Gasteiger partial charge in [-0.15, -0.1) is 0 Å². The Bertz CT molecular complexity index is 1660. The van der Waals surface area contributed by atoms with Crippen LogP contribution < -0.4 is 22.5 Å². The second kappa shape index (κ2) is 7.68. The molecular weight excluding hydrogens is 440 g/mol. The average Bonchev–Trinajstić information content (AvgIpc) is 2.81. The van der Waals surface area contributed by atoms with Crippen molar-refractivity contribution in [2.45, 2.75) is 53.9 Å². The number of aryl methyl sites for hydroxylation is 2. The van der Waals surface area contributed by atoms with Crippen molar-refractivity contribution in [2.75, 3.05) is 0 Å². The van der Waals surface area contributed by atoms with E-state index in [9.17, 15) is 19.2 Å². The van der Waals surface area contributed by atoms with Crippen LogP contribution in [-0.4, -0.2) is 38.2 Å². The van der Waals surface area contributed by atoms with Gasteiger partial charge in [-0.3, -0.25) is 18.7 Å². The third kappa shape index (κ3) is 2.84. The highest BCUT2D eigenvalue weighted by Crippen LogP contribution is 2.28. The number of rotatable bonds is 4. The smallest absolute Gasteiger partial charge is 0.323 e. The Morgan fingerprint density at radius 3 is 1.24 bits per heavy atom. The summed E-state index contributed by atoms with van der Waals surface area (Å²) in [6, 6.07) is 3.51. The molecule has 0 atom stereocenters. The van der Waals surface area contributed by atoms with Crippen molar-refractivity contribution < 1.29 is 0 Å². The fraction of sp³-hybridized carbons (Fsp3) is 0.364. The zero-order valence-corrected chi connectivity index (χ0v) is 19.2. The van der Waals surface area contributed by atoms with E-state index in [1.807, 2.05) is 13.8 Å². The molecule has 34 heavy (non-hydrogen) atoms. The van der Waals surface area contributed by atoms with Crippen molar-refractivity contribution in [1.82, 2.24) is 38.2 Å². The second-order valence-corrected chi connectivity index (χ2v) is 7.77. The highest BCUT2D eigenvalue weighted by Gasteiger charge is 2.24. The lowest BCUT2D eigenvalue weighted by atomic mass is 10.2. The van der Waals surface area contributed by atoms with Gasteiger partial charge in [-0.1, -0.05) is 0 Å². The summed E-state index contributed by atoms with van der Waals surface area (Å²) in [5.41, 5.74) is 0.149. The number of nitrogens with zero attached hydrogens (tertiary/aromatic N) is 8. The van der Waals surface area contributed by atoms with Crippen LogP contribution in [0.25, 0.3) is 45.1 Å². The molecule has 0 N–H and O–H groups in total. The van der Waals surface area contributed by atoms with Crippen molar-refractivity contribution in [3.8, 4) is 23.0 Å². The van der Waals surface area contributed by atoms with Gasteiger partial charge in [0.15, 0.2) is 23.0 Å². The Balaban J connectivity index is 2.01. The molecular formula is C22H22N8O4. The third-order valence-electron chi connectivity index (χ3n) is 6.08. The molecule has 1 aromatic rings. The first kappa shape index (κ1) is 21.6. The van der Waals surface area contributed by atoms with Crippen LogP contribution in [0.5, 0.6) is 0 Å². The first-order valence-electron chi connectivity index (χ1n) is 11.1. The van der Waals surface area contributed by atoms with E-state index in [0.29, 0.717) is 35.2 Å². The Labute approximate surface area is 191 Å². The van der Waals surface area contributed by atoms with Crippen LogP contribution in [0, 0.1) is 0 Å². The molecule has 0 amide bonds. The van der Waals surface area contributed by atoms with Crippen molar-refractivity contribution in [3.05, 3.63) is 53.8 Å². The molecule has 0 saturated carbocycles. The van der Waals surface area contributed by atoms with Crippen LogP contribution in [0.15, 0.2) is 31.3 Å². The monoisotopic (exact) mass is 462 g/mol. The van der Waals surface area contributed by atoms with Crippen LogP contribution in [0.4, 0.5) is 0 Å². The predicted molar refractivity (Wildman–Crippen MR) is 126 cm³/mol. The normalized spacial score (nSPS) is 11.9. The van der Waals surface area contributed by atoms with Crippen LogP contribution in [0.3, 0.4) is 0 Å². The maximum Gasteiger partial charge on any atom is 0.352 e. The van der Waals surface area contributed by atoms with Crippen molar-refractivity contribution >= 4 is 22.1 Å². The summed E-state index contributed by atoms with van der Waals surface area (Å²) in [5, 5.41) is 0. The van der Waals surface area contributed by atoms with Gasteiger partial charge in [0.05, 0.1) is 22.1 Å². The van der Waals surface area contributed by atoms with E-state index >= 15 is 0 Å². The molecule has 174 valence electrons. The SMILES string of the molecule is CCn1c(=O)nc2n(CC)c3cc4nc5c(=O)n(CC)c(=O)nc-5n(CC)c4cc3nc-2c1=O. The number of benzene rings is 1. The molecule has 5 rings (SSSR count). The van der Waals surface area contributed by atoms with Gasteiger partial charge in [-0.05, 0) is 39.8 Å². The minimum absolute atomic E-state index is 0.0951. The van der Waals surface area contributed by atoms with E-state index < -0.39 is 22.5 Å². The van der Waals surface area contributed by atoms with Crippen molar-refractivity contribution in [2.24, 2.45) is 0 Å². The molecule has 0 unspecified atom stereocenters. The molecule has 12 nitrogen and oxygen atoms in total. The van der Waals surface area contributed by atoms with E-state index in [2.05, 4.69) is 19.9 Å². The van der Waals surface area contributed by atoms with Crippen LogP contribution in [-0.2, 0) is 26.2 Å². The molecule has 4 aliphatic heterocycles. The molecule has 0 aromatic heterocycles. The van der Waals surface area contributed by atoms with Gasteiger partial charge in [0.1, 0.15) is 0 Å². The fourth-order valence-electron chi connectivity index (χ4n) is 4.43. The third-order valence-corrected chi connectivity index (χ3v) is 6.08. The minimum atomic E-state index is -0.628. The van der Waals surface area contributed by atoms with E-state index in [1.54, 1.807) is 35.1 Å². The summed E-state index contributed by atoms with van der Waals surface area (Å²) in [5.74, 6) is 0.397. The van der Waals surface area contributed by atoms with Crippen LogP contribution in [0.2, 0.25) is 0 Å². The lowest BCUT2D eigenvalue weighted by molar-refractivity contribution is 0.653. The Kier molecular flexibility index (Phi) is 4.88. The van der Waals surface area contributed by atoms with Crippen LogP contribution in [0.1, 0.15) is 27.7 Å². The summed E-state index contributed by atoms with van der Waals surface area (Å²) in [7, 11) is 0. The summed E-state index contributed by atoms with van der Waals surface area (Å²) in [6.45, 7) is 8.37. The van der Waals surface area contributed by atoms with E-state index in [-0.39, 0.29) is 36.1 Å². The highest BCUT2D eigenvalue weighted by molar-refractivity contribution is 5.94. The maximum absolute atomic E-state index is 12.9. The number of hydrogen-bond donors (Lipinski definition) is 0. The summed E-state index contributed by atoms with van der Waals surface area (Å²) in [6.07, 6.45) is 0. The predicted octanol–water partition coefficient (Wildman–Crippen LogP) is 0.509. The zero-order valence-electron chi connectivity index (χ0n) is 19.2. The first-order chi connectivity index (χ1) is 16.3. The molecule has 4 aliphatic rings. The van der Waals surface area contributed by atoms with Gasteiger partial charge < -0.3 is 9.13 Å². The molecule has 1 aromatic carbocycles. The molecule has 0 saturated heterocycles. The summed E-state index contributed by atoms with van der Waals surface area (Å²) < 4.78 is 5.57. The maximum atomic E-state index is 12.9. The number of hydrogen-bond acceptors (Lipinski definition) is 8. The number of fused-ring (bicyclic) bond motifs is 4. The average molecular weight is 462 g/mol. The molecule has 0 radical (unpaired) electrons. The fourth-order valence-corrected chi connectivity index (χ4v) is 4.43. The molecule has 0 spiro atoms. The first-order valence-corrected chi connectivity index (χ1v) is 11.1. The molecule has 0 fully saturated rings. The second-order valence-electron chi connectivity index (χ2n) is 7.77. The van der Waals surface area contributed by atoms with Gasteiger partial charge >= 0.3 is 11.4 Å².